The fourth-order valence-corrected chi connectivity index (χ4v) is 22.0. The van der Waals surface area contributed by atoms with Crippen molar-refractivity contribution in [3.05, 3.63) is 240 Å². The van der Waals surface area contributed by atoms with Crippen molar-refractivity contribution in [3.8, 4) is 0 Å². The van der Waals surface area contributed by atoms with E-state index in [2.05, 4.69) is 318 Å². The van der Waals surface area contributed by atoms with Gasteiger partial charge in [0.25, 0.3) is 0 Å². The van der Waals surface area contributed by atoms with Gasteiger partial charge in [-0.3, -0.25) is 0 Å². The minimum Gasteiger partial charge on any atom is -0.340 e. The van der Waals surface area contributed by atoms with Gasteiger partial charge in [-0.05, 0) is 278 Å². The van der Waals surface area contributed by atoms with Crippen LogP contribution in [-0.2, 0) is 17.6 Å². The number of rotatable bonds is 6. The van der Waals surface area contributed by atoms with Gasteiger partial charge < -0.3 is 22.8 Å². The van der Waals surface area contributed by atoms with Gasteiger partial charge in [-0.2, -0.15) is 0 Å². The lowest BCUT2D eigenvalue weighted by atomic mass is 9.53. The molecule has 8 fully saturated rings. The average molecular weight is 1340 g/mol. The predicted molar refractivity (Wildman–Crippen MR) is 438 cm³/mol. The second kappa shape index (κ2) is 26.2. The Morgan fingerprint density at radius 2 is 0.667 bits per heavy atom. The van der Waals surface area contributed by atoms with E-state index in [-0.39, 0.29) is 5.54 Å². The standard InChI is InChI=1S/2C23H25N.3C17H19N/c1-15-6-7-22-20(8-15)19-4-2-3-5-21(19)24(22)23-12-16-9-17(13-23)11-18(10-16)14-23;1-14-6-7-22-20(8-14)19-4-2-3-5-21(19)24(22)23-17-10-15-9-16(12-17)13-18(23)11-15;1-12-9-10-16-14(11-12)13-7-5-6-8-15(13)18(16)17(2,3)4;1-12(2)11-18-16-7-5-4-6-14(16)15-10-13(3)8-9-17(15)18;1-4-13(3)18-16-8-6-5-7-14(16)15-11-12(2)9-10-17(15)18/h2-8,16-18H,9-14H2,1H3;2-8,15-18,23H,9-13H2,1H3;5-11H,1-4H3;4-10,12H,11H2,1-3H3;5-11,13H,4H2,1-3H3. The van der Waals surface area contributed by atoms with E-state index in [4.69, 9.17) is 0 Å². The van der Waals surface area contributed by atoms with Crippen LogP contribution in [0.15, 0.2) is 212 Å². The Hall–Kier alpha value is -8.80. The maximum absolute atomic E-state index is 2.79. The highest BCUT2D eigenvalue weighted by Gasteiger charge is 2.53. The molecule has 0 aliphatic heterocycles. The highest BCUT2D eigenvalue weighted by Crippen LogP contribution is 2.62. The summed E-state index contributed by atoms with van der Waals surface area (Å²) in [5, 5.41) is 14.0. The molecule has 5 nitrogen and oxygen atoms in total. The van der Waals surface area contributed by atoms with Crippen LogP contribution in [0.25, 0.3) is 109 Å². The van der Waals surface area contributed by atoms with Crippen molar-refractivity contribution < 1.29 is 0 Å². The van der Waals surface area contributed by atoms with Crippen LogP contribution in [0.4, 0.5) is 0 Å². The quantitative estimate of drug-likeness (QED) is 0.159. The number of para-hydroxylation sites is 5. The number of fused-ring (bicyclic) bond motifs is 15. The van der Waals surface area contributed by atoms with Crippen molar-refractivity contribution in [1.29, 1.82) is 0 Å². The second-order valence-electron chi connectivity index (χ2n) is 34.6. The minimum absolute atomic E-state index is 0.0939. The third-order valence-electron chi connectivity index (χ3n) is 25.5. The largest absolute Gasteiger partial charge is 0.340 e. The summed E-state index contributed by atoms with van der Waals surface area (Å²) in [6.07, 6.45) is 17.4. The monoisotopic (exact) mass is 1340 g/mol. The Kier molecular flexibility index (Phi) is 17.0. The van der Waals surface area contributed by atoms with Crippen LogP contribution in [-0.4, -0.2) is 22.8 Å². The van der Waals surface area contributed by atoms with E-state index < -0.39 is 0 Å². The van der Waals surface area contributed by atoms with Crippen LogP contribution in [0.5, 0.6) is 0 Å². The molecule has 8 aliphatic rings. The maximum atomic E-state index is 2.79. The van der Waals surface area contributed by atoms with Crippen LogP contribution < -0.4 is 0 Å². The molecule has 5 aromatic heterocycles. The van der Waals surface area contributed by atoms with E-state index in [0.29, 0.717) is 17.5 Å². The smallest absolute Gasteiger partial charge is 0.0496 e. The van der Waals surface area contributed by atoms with Crippen LogP contribution in [0.3, 0.4) is 0 Å². The molecular formula is C97H107N5. The van der Waals surface area contributed by atoms with Crippen molar-refractivity contribution in [3.63, 3.8) is 0 Å². The van der Waals surface area contributed by atoms with Crippen molar-refractivity contribution in [2.24, 2.45) is 47.3 Å². The van der Waals surface area contributed by atoms with Gasteiger partial charge in [0.15, 0.2) is 0 Å². The van der Waals surface area contributed by atoms with Crippen molar-refractivity contribution >= 4 is 109 Å². The molecule has 10 aromatic carbocycles. The molecule has 0 saturated heterocycles. The van der Waals surface area contributed by atoms with Crippen molar-refractivity contribution in [2.75, 3.05) is 0 Å². The fourth-order valence-electron chi connectivity index (χ4n) is 22.0. The third-order valence-corrected chi connectivity index (χ3v) is 25.5. The summed E-state index contributed by atoms with van der Waals surface area (Å²) < 4.78 is 12.9. The molecule has 8 bridgehead atoms. The summed E-state index contributed by atoms with van der Waals surface area (Å²) in [4.78, 5) is 0. The van der Waals surface area contributed by atoms with Crippen LogP contribution in [0.1, 0.15) is 165 Å². The van der Waals surface area contributed by atoms with Gasteiger partial charge in [-0.1, -0.05) is 170 Å². The zero-order valence-electron chi connectivity index (χ0n) is 62.9. The first-order valence-corrected chi connectivity index (χ1v) is 39.3. The van der Waals surface area contributed by atoms with E-state index in [1.807, 2.05) is 0 Å². The molecule has 15 aromatic rings. The highest BCUT2D eigenvalue weighted by molar-refractivity contribution is 6.12. The molecule has 8 aliphatic carbocycles. The molecule has 8 saturated carbocycles. The number of aryl methyl sites for hydroxylation is 5. The molecule has 0 N–H and O–H groups in total. The van der Waals surface area contributed by atoms with E-state index in [9.17, 15) is 0 Å². The van der Waals surface area contributed by atoms with E-state index in [0.717, 1.165) is 60.4 Å². The van der Waals surface area contributed by atoms with Gasteiger partial charge in [0.05, 0.1) is 0 Å². The Bertz CT molecular complexity index is 5600. The van der Waals surface area contributed by atoms with E-state index >= 15 is 0 Å². The van der Waals surface area contributed by atoms with Crippen molar-refractivity contribution in [1.82, 2.24) is 22.8 Å². The van der Waals surface area contributed by atoms with Crippen LogP contribution >= 0.6 is 0 Å². The summed E-state index contributed by atoms with van der Waals surface area (Å²) in [6.45, 7) is 27.9. The number of benzene rings is 10. The molecule has 5 heterocycles. The van der Waals surface area contributed by atoms with Crippen molar-refractivity contribution in [2.45, 2.75) is 190 Å². The summed E-state index contributed by atoms with van der Waals surface area (Å²) in [5.41, 5.74) is 21.2. The molecule has 0 spiro atoms. The molecule has 5 heteroatoms. The Labute approximate surface area is 605 Å². The first-order chi connectivity index (χ1) is 49.4. The number of aromatic nitrogens is 5. The normalized spacial score (nSPS) is 22.8. The molecular weight excluding hydrogens is 1240 g/mol. The Balaban J connectivity index is 0.0000000956. The third kappa shape index (κ3) is 11.7. The van der Waals surface area contributed by atoms with Gasteiger partial charge >= 0.3 is 0 Å². The van der Waals surface area contributed by atoms with Gasteiger partial charge in [0, 0.05) is 139 Å². The molecule has 0 radical (unpaired) electrons. The lowest BCUT2D eigenvalue weighted by Crippen LogP contribution is -2.51. The fraction of sp³-hybridized carbons (Fsp3) is 0.381. The Morgan fingerprint density at radius 1 is 0.353 bits per heavy atom. The number of nitrogens with zero attached hydrogens (tertiary/aromatic N) is 5. The Morgan fingerprint density at radius 3 is 1.18 bits per heavy atom. The molecule has 0 amide bonds. The number of hydrogen-bond donors (Lipinski definition) is 0. The summed E-state index contributed by atoms with van der Waals surface area (Å²) in [7, 11) is 0. The summed E-state index contributed by atoms with van der Waals surface area (Å²) >= 11 is 0. The first-order valence-electron chi connectivity index (χ1n) is 39.3. The average Bonchev–Trinajstić information content (AvgIpc) is 1.50. The van der Waals surface area contributed by atoms with Gasteiger partial charge in [0.1, 0.15) is 0 Å². The molecule has 1 atom stereocenters. The lowest BCUT2D eigenvalue weighted by molar-refractivity contribution is -0.0387. The number of hydrogen-bond acceptors (Lipinski definition) is 0. The second-order valence-corrected chi connectivity index (χ2v) is 34.6. The van der Waals surface area contributed by atoms with E-state index in [1.165, 1.54) is 207 Å². The van der Waals surface area contributed by atoms with Crippen LogP contribution in [0, 0.1) is 82.0 Å². The van der Waals surface area contributed by atoms with E-state index in [1.54, 1.807) is 0 Å². The molecule has 23 rings (SSSR count). The minimum atomic E-state index is 0.0939. The molecule has 520 valence electrons. The molecule has 102 heavy (non-hydrogen) atoms. The zero-order chi connectivity index (χ0) is 70.0. The summed E-state index contributed by atoms with van der Waals surface area (Å²) in [6, 6.07) is 80.1. The maximum Gasteiger partial charge on any atom is 0.0496 e. The van der Waals surface area contributed by atoms with Gasteiger partial charge in [0.2, 0.25) is 0 Å². The van der Waals surface area contributed by atoms with Gasteiger partial charge in [-0.25, -0.2) is 0 Å². The SMILES string of the molecule is CCC(C)n1c2ccccc2c2cc(C)ccc21.Cc1ccc2c(c1)c1ccccc1n2C(C)(C)C.Cc1ccc2c(c1)c1ccccc1n2C12CC3CC(CC(C3)C1)C2.Cc1ccc2c(c1)c1ccccc1n2C1C2CC3CC(C2)CC1C3.Cc1ccc2c(c1)c1ccccc1n2CC(C)C. The molecule has 1 unspecified atom stereocenters. The predicted octanol–water partition coefficient (Wildman–Crippen LogP) is 26.8. The van der Waals surface area contributed by atoms with Crippen LogP contribution in [0.2, 0.25) is 0 Å². The van der Waals surface area contributed by atoms with Gasteiger partial charge in [-0.15, -0.1) is 0 Å². The lowest BCUT2D eigenvalue weighted by Gasteiger charge is -2.57. The zero-order valence-corrected chi connectivity index (χ0v) is 62.9. The first kappa shape index (κ1) is 66.4. The highest BCUT2D eigenvalue weighted by atomic mass is 15.1. The summed E-state index contributed by atoms with van der Waals surface area (Å²) in [5.74, 6) is 7.53. The topological polar surface area (TPSA) is 24.6 Å².